The van der Waals surface area contributed by atoms with E-state index < -0.39 is 0 Å². The van der Waals surface area contributed by atoms with E-state index in [0.29, 0.717) is 6.42 Å². The summed E-state index contributed by atoms with van der Waals surface area (Å²) in [5.74, 6) is 1.01. The van der Waals surface area contributed by atoms with Crippen LogP contribution in [0.5, 0.6) is 0 Å². The lowest BCUT2D eigenvalue weighted by atomic mass is 10.1. The fourth-order valence-corrected chi connectivity index (χ4v) is 3.99. The highest BCUT2D eigenvalue weighted by molar-refractivity contribution is 5.90. The van der Waals surface area contributed by atoms with Crippen LogP contribution in [-0.2, 0) is 11.2 Å². The molecule has 0 unspecified atom stereocenters. The Kier molecular flexibility index (Phi) is 7.27. The molecule has 5 nitrogen and oxygen atoms in total. The summed E-state index contributed by atoms with van der Waals surface area (Å²) in [4.78, 5) is 14.6. The molecule has 2 heterocycles. The van der Waals surface area contributed by atoms with Crippen LogP contribution in [0.3, 0.4) is 0 Å². The van der Waals surface area contributed by atoms with Gasteiger partial charge in [-0.2, -0.15) is 0 Å². The van der Waals surface area contributed by atoms with Crippen LogP contribution in [0.15, 0.2) is 66.7 Å². The molecule has 0 spiro atoms. The molecule has 1 aliphatic rings. The average Bonchev–Trinajstić information content (AvgIpc) is 3.10. The monoisotopic (exact) mass is 414 g/mol. The van der Waals surface area contributed by atoms with Gasteiger partial charge in [0.25, 0.3) is 0 Å². The van der Waals surface area contributed by atoms with Crippen molar-refractivity contribution in [2.75, 3.05) is 23.3 Å². The van der Waals surface area contributed by atoms with Crippen molar-refractivity contribution in [3.63, 3.8) is 0 Å². The fraction of sp³-hybridized carbons (Fsp3) is 0.346. The lowest BCUT2D eigenvalue weighted by molar-refractivity contribution is -0.116. The van der Waals surface area contributed by atoms with Crippen molar-refractivity contribution >= 4 is 17.4 Å². The summed E-state index contributed by atoms with van der Waals surface area (Å²) in [7, 11) is 0. The SMILES string of the molecule is O=C(CCCc1ccccc1)Nc1ccc(-c2ccc(N3CCCCCC3)nn2)cc1. The van der Waals surface area contributed by atoms with Gasteiger partial charge in [0.05, 0.1) is 5.69 Å². The summed E-state index contributed by atoms with van der Waals surface area (Å²) in [6, 6.07) is 22.2. The zero-order chi connectivity index (χ0) is 21.3. The van der Waals surface area contributed by atoms with Crippen molar-refractivity contribution in [1.29, 1.82) is 0 Å². The third-order valence-electron chi connectivity index (χ3n) is 5.76. The van der Waals surface area contributed by atoms with Crippen LogP contribution in [0.1, 0.15) is 44.1 Å². The summed E-state index contributed by atoms with van der Waals surface area (Å²) in [6.45, 7) is 2.13. The van der Waals surface area contributed by atoms with E-state index in [9.17, 15) is 4.79 Å². The van der Waals surface area contributed by atoms with Gasteiger partial charge in [0, 0.05) is 30.8 Å². The number of benzene rings is 2. The zero-order valence-corrected chi connectivity index (χ0v) is 18.0. The Labute approximate surface area is 184 Å². The summed E-state index contributed by atoms with van der Waals surface area (Å²) in [5.41, 5.74) is 3.92. The van der Waals surface area contributed by atoms with Gasteiger partial charge in [0.15, 0.2) is 5.82 Å². The Hall–Kier alpha value is -3.21. The number of nitrogens with one attached hydrogen (secondary N) is 1. The summed E-state index contributed by atoms with van der Waals surface area (Å²) in [6.07, 6.45) is 7.33. The van der Waals surface area contributed by atoms with Gasteiger partial charge < -0.3 is 10.2 Å². The molecule has 0 atom stereocenters. The van der Waals surface area contributed by atoms with Crippen LogP contribution in [0.4, 0.5) is 11.5 Å². The predicted molar refractivity (Wildman–Crippen MR) is 126 cm³/mol. The molecule has 160 valence electrons. The Bertz CT molecular complexity index is 947. The molecular formula is C26H30N4O. The first kappa shape index (κ1) is 21.0. The molecule has 1 N–H and O–H groups in total. The van der Waals surface area contributed by atoms with Crippen LogP contribution in [0.2, 0.25) is 0 Å². The molecule has 0 radical (unpaired) electrons. The number of aryl methyl sites for hydroxylation is 1. The van der Waals surface area contributed by atoms with Crippen molar-refractivity contribution in [2.24, 2.45) is 0 Å². The molecule has 1 saturated heterocycles. The maximum atomic E-state index is 12.2. The molecule has 4 rings (SSSR count). The topological polar surface area (TPSA) is 58.1 Å². The van der Waals surface area contributed by atoms with Crippen LogP contribution < -0.4 is 10.2 Å². The predicted octanol–water partition coefficient (Wildman–Crippen LogP) is 5.49. The molecule has 2 aromatic carbocycles. The summed E-state index contributed by atoms with van der Waals surface area (Å²) >= 11 is 0. The lowest BCUT2D eigenvalue weighted by Crippen LogP contribution is -2.25. The highest BCUT2D eigenvalue weighted by Crippen LogP contribution is 2.22. The summed E-state index contributed by atoms with van der Waals surface area (Å²) < 4.78 is 0. The van der Waals surface area contributed by atoms with Crippen molar-refractivity contribution in [3.05, 3.63) is 72.3 Å². The smallest absolute Gasteiger partial charge is 0.224 e. The first-order valence-corrected chi connectivity index (χ1v) is 11.3. The zero-order valence-electron chi connectivity index (χ0n) is 18.0. The number of hydrogen-bond acceptors (Lipinski definition) is 4. The van der Waals surface area contributed by atoms with Crippen molar-refractivity contribution < 1.29 is 4.79 Å². The van der Waals surface area contributed by atoms with Gasteiger partial charge in [-0.1, -0.05) is 55.3 Å². The Balaban J connectivity index is 1.28. The molecule has 31 heavy (non-hydrogen) atoms. The largest absolute Gasteiger partial charge is 0.355 e. The number of nitrogens with zero attached hydrogens (tertiary/aromatic N) is 3. The normalized spacial score (nSPS) is 14.1. The van der Waals surface area contributed by atoms with E-state index in [4.69, 9.17) is 0 Å². The second kappa shape index (κ2) is 10.7. The first-order valence-electron chi connectivity index (χ1n) is 11.3. The lowest BCUT2D eigenvalue weighted by Gasteiger charge is -2.20. The van der Waals surface area contributed by atoms with Gasteiger partial charge in [-0.25, -0.2) is 0 Å². The van der Waals surface area contributed by atoms with Crippen LogP contribution in [0.25, 0.3) is 11.3 Å². The van der Waals surface area contributed by atoms with E-state index in [0.717, 1.165) is 48.7 Å². The minimum absolute atomic E-state index is 0.0466. The van der Waals surface area contributed by atoms with E-state index in [-0.39, 0.29) is 5.91 Å². The second-order valence-corrected chi connectivity index (χ2v) is 8.14. The van der Waals surface area contributed by atoms with Crippen molar-refractivity contribution in [3.8, 4) is 11.3 Å². The number of anilines is 2. The van der Waals surface area contributed by atoms with Crippen LogP contribution in [-0.4, -0.2) is 29.2 Å². The number of hydrogen-bond donors (Lipinski definition) is 1. The quantitative estimate of drug-likeness (QED) is 0.556. The molecule has 1 amide bonds. The number of rotatable bonds is 7. The average molecular weight is 415 g/mol. The third kappa shape index (κ3) is 6.14. The Morgan fingerprint density at radius 1 is 0.839 bits per heavy atom. The molecule has 3 aromatic rings. The van der Waals surface area contributed by atoms with E-state index in [1.54, 1.807) is 0 Å². The van der Waals surface area contributed by atoms with Gasteiger partial charge >= 0.3 is 0 Å². The molecule has 1 aromatic heterocycles. The maximum Gasteiger partial charge on any atom is 0.224 e. The van der Waals surface area contributed by atoms with Gasteiger partial charge in [0.1, 0.15) is 0 Å². The Morgan fingerprint density at radius 3 is 2.26 bits per heavy atom. The van der Waals surface area contributed by atoms with E-state index in [2.05, 4.69) is 38.6 Å². The van der Waals surface area contributed by atoms with Gasteiger partial charge in [-0.05, 0) is 55.5 Å². The first-order chi connectivity index (χ1) is 15.3. The highest BCUT2D eigenvalue weighted by Gasteiger charge is 2.12. The maximum absolute atomic E-state index is 12.2. The van der Waals surface area contributed by atoms with Gasteiger partial charge in [-0.15, -0.1) is 10.2 Å². The molecule has 1 fully saturated rings. The van der Waals surface area contributed by atoms with Crippen molar-refractivity contribution in [2.45, 2.75) is 44.9 Å². The molecule has 0 aliphatic carbocycles. The van der Waals surface area contributed by atoms with Gasteiger partial charge in [-0.3, -0.25) is 4.79 Å². The van der Waals surface area contributed by atoms with E-state index in [1.807, 2.05) is 48.5 Å². The molecule has 0 bridgehead atoms. The molecule has 1 aliphatic heterocycles. The Morgan fingerprint density at radius 2 is 1.58 bits per heavy atom. The molecule has 0 saturated carbocycles. The minimum atomic E-state index is 0.0466. The second-order valence-electron chi connectivity index (χ2n) is 8.14. The summed E-state index contributed by atoms with van der Waals surface area (Å²) in [5, 5.41) is 11.9. The van der Waals surface area contributed by atoms with Crippen LogP contribution >= 0.6 is 0 Å². The van der Waals surface area contributed by atoms with Gasteiger partial charge in [0.2, 0.25) is 5.91 Å². The number of aromatic nitrogens is 2. The third-order valence-corrected chi connectivity index (χ3v) is 5.76. The number of carbonyl (C=O) groups is 1. The molecular weight excluding hydrogens is 384 g/mol. The van der Waals surface area contributed by atoms with E-state index >= 15 is 0 Å². The molecule has 5 heteroatoms. The van der Waals surface area contributed by atoms with Crippen LogP contribution in [0, 0.1) is 0 Å². The highest BCUT2D eigenvalue weighted by atomic mass is 16.1. The van der Waals surface area contributed by atoms with E-state index in [1.165, 1.54) is 31.2 Å². The minimum Gasteiger partial charge on any atom is -0.355 e. The standard InChI is InChI=1S/C26H30N4O/c31-26(12-8-11-21-9-4-3-5-10-21)27-23-15-13-22(14-16-23)24-17-18-25(29-28-24)30-19-6-1-2-7-20-30/h3-5,9-10,13-18H,1-2,6-8,11-12,19-20H2,(H,27,31). The fourth-order valence-electron chi connectivity index (χ4n) is 3.99. The number of amides is 1. The van der Waals surface area contributed by atoms with Crippen molar-refractivity contribution in [1.82, 2.24) is 10.2 Å². The number of carbonyl (C=O) groups excluding carboxylic acids is 1.